The van der Waals surface area contributed by atoms with Crippen molar-refractivity contribution in [1.29, 1.82) is 0 Å². The first-order valence-corrected chi connectivity index (χ1v) is 7.28. The van der Waals surface area contributed by atoms with Crippen LogP contribution >= 0.6 is 23.2 Å². The molecule has 0 bridgehead atoms. The van der Waals surface area contributed by atoms with E-state index in [0.29, 0.717) is 16.7 Å². The average Bonchev–Trinajstić information content (AvgIpc) is 2.85. The first kappa shape index (κ1) is 15.4. The van der Waals surface area contributed by atoms with Crippen LogP contribution in [0.2, 0.25) is 10.2 Å². The Morgan fingerprint density at radius 3 is 2.70 bits per heavy atom. The molecule has 2 aromatic rings. The van der Waals surface area contributed by atoms with Crippen LogP contribution in [0.25, 0.3) is 0 Å². The number of benzene rings is 1. The zero-order valence-electron chi connectivity index (χ0n) is 11.1. The van der Waals surface area contributed by atoms with Gasteiger partial charge < -0.3 is 9.73 Å². The summed E-state index contributed by atoms with van der Waals surface area (Å²) in [5, 5.41) is 4.25. The summed E-state index contributed by atoms with van der Waals surface area (Å²) in [6, 6.07) is 7.81. The summed E-state index contributed by atoms with van der Waals surface area (Å²) in [7, 11) is 0. The summed E-state index contributed by atoms with van der Waals surface area (Å²) >= 11 is 11.9. The van der Waals surface area contributed by atoms with Gasteiger partial charge in [0.25, 0.3) is 0 Å². The maximum atomic E-state index is 13.3. The second kappa shape index (κ2) is 7.11. The van der Waals surface area contributed by atoms with E-state index >= 15 is 0 Å². The summed E-state index contributed by atoms with van der Waals surface area (Å²) in [4.78, 5) is 0. The van der Waals surface area contributed by atoms with Gasteiger partial charge in [0.05, 0.1) is 6.04 Å². The molecule has 0 saturated carbocycles. The van der Waals surface area contributed by atoms with E-state index in [2.05, 4.69) is 12.2 Å². The smallest absolute Gasteiger partial charge is 0.193 e. The van der Waals surface area contributed by atoms with Crippen LogP contribution in [-0.2, 0) is 6.42 Å². The lowest BCUT2D eigenvalue weighted by atomic mass is 10.0. The Bertz CT molecular complexity index is 571. The van der Waals surface area contributed by atoms with Crippen LogP contribution in [0, 0.1) is 5.82 Å². The molecule has 0 spiro atoms. The molecule has 1 unspecified atom stereocenters. The fourth-order valence-corrected chi connectivity index (χ4v) is 2.37. The first-order valence-electron chi connectivity index (χ1n) is 6.52. The van der Waals surface area contributed by atoms with E-state index in [1.54, 1.807) is 12.1 Å². The molecule has 1 aromatic heterocycles. The summed E-state index contributed by atoms with van der Waals surface area (Å²) in [5.41, 5.74) is 0.743. The highest BCUT2D eigenvalue weighted by Crippen LogP contribution is 2.26. The Morgan fingerprint density at radius 2 is 2.05 bits per heavy atom. The first-order chi connectivity index (χ1) is 9.60. The van der Waals surface area contributed by atoms with Crippen LogP contribution in [0.4, 0.5) is 4.39 Å². The monoisotopic (exact) mass is 315 g/mol. The molecule has 0 aliphatic rings. The third-order valence-electron chi connectivity index (χ3n) is 3.01. The molecule has 2 rings (SSSR count). The number of furan rings is 1. The van der Waals surface area contributed by atoms with Crippen LogP contribution in [-0.4, -0.2) is 6.54 Å². The van der Waals surface area contributed by atoms with E-state index in [4.69, 9.17) is 27.6 Å². The van der Waals surface area contributed by atoms with E-state index in [-0.39, 0.29) is 11.9 Å². The Labute approximate surface area is 127 Å². The molecule has 2 nitrogen and oxygen atoms in total. The lowest BCUT2D eigenvalue weighted by molar-refractivity contribution is 0.411. The maximum absolute atomic E-state index is 13.3. The quantitative estimate of drug-likeness (QED) is 0.810. The van der Waals surface area contributed by atoms with Gasteiger partial charge in [-0.3, -0.25) is 0 Å². The SMILES string of the molecule is CCCNC(Cc1cc(F)ccc1Cl)c1ccc(Cl)o1. The minimum Gasteiger partial charge on any atom is -0.448 e. The molecule has 1 aromatic carbocycles. The van der Waals surface area contributed by atoms with Crippen LogP contribution < -0.4 is 5.32 Å². The minimum absolute atomic E-state index is 0.0817. The minimum atomic E-state index is -0.295. The molecule has 5 heteroatoms. The van der Waals surface area contributed by atoms with Gasteiger partial charge in [-0.25, -0.2) is 4.39 Å². The average molecular weight is 316 g/mol. The number of hydrogen-bond acceptors (Lipinski definition) is 2. The van der Waals surface area contributed by atoms with Gasteiger partial charge in [-0.1, -0.05) is 18.5 Å². The van der Waals surface area contributed by atoms with E-state index in [1.807, 2.05) is 6.07 Å². The third-order valence-corrected chi connectivity index (χ3v) is 3.58. The zero-order valence-corrected chi connectivity index (χ0v) is 12.6. The van der Waals surface area contributed by atoms with Crippen molar-refractivity contribution in [3.05, 3.63) is 57.7 Å². The van der Waals surface area contributed by atoms with Crippen molar-refractivity contribution < 1.29 is 8.81 Å². The summed E-state index contributed by atoms with van der Waals surface area (Å²) < 4.78 is 18.8. The number of rotatable bonds is 6. The molecule has 0 fully saturated rings. The molecular weight excluding hydrogens is 300 g/mol. The molecule has 0 aliphatic carbocycles. The van der Waals surface area contributed by atoms with Gasteiger partial charge in [0.15, 0.2) is 5.22 Å². The van der Waals surface area contributed by atoms with Crippen molar-refractivity contribution in [3.8, 4) is 0 Å². The Hall–Kier alpha value is -1.03. The lowest BCUT2D eigenvalue weighted by Gasteiger charge is -2.17. The Kier molecular flexibility index (Phi) is 5.46. The number of nitrogens with one attached hydrogen (secondary N) is 1. The van der Waals surface area contributed by atoms with E-state index in [1.165, 1.54) is 12.1 Å². The molecule has 0 saturated heterocycles. The number of halogens is 3. The summed E-state index contributed by atoms with van der Waals surface area (Å²) in [5.74, 6) is 0.430. The summed E-state index contributed by atoms with van der Waals surface area (Å²) in [6.07, 6.45) is 1.53. The van der Waals surface area contributed by atoms with Crippen molar-refractivity contribution in [2.24, 2.45) is 0 Å². The molecular formula is C15H16Cl2FNO. The predicted molar refractivity (Wildman–Crippen MR) is 79.9 cm³/mol. The number of hydrogen-bond donors (Lipinski definition) is 1. The zero-order chi connectivity index (χ0) is 14.5. The van der Waals surface area contributed by atoms with Crippen molar-refractivity contribution >= 4 is 23.2 Å². The van der Waals surface area contributed by atoms with Gasteiger partial charge in [-0.2, -0.15) is 0 Å². The van der Waals surface area contributed by atoms with Crippen molar-refractivity contribution in [2.75, 3.05) is 6.54 Å². The normalized spacial score (nSPS) is 12.6. The Morgan fingerprint density at radius 1 is 1.25 bits per heavy atom. The lowest BCUT2D eigenvalue weighted by Crippen LogP contribution is -2.23. The molecule has 108 valence electrons. The topological polar surface area (TPSA) is 25.2 Å². The molecule has 1 atom stereocenters. The van der Waals surface area contributed by atoms with Crippen LogP contribution in [0.15, 0.2) is 34.7 Å². The second-order valence-electron chi connectivity index (χ2n) is 4.59. The fraction of sp³-hybridized carbons (Fsp3) is 0.333. The largest absolute Gasteiger partial charge is 0.448 e. The van der Waals surface area contributed by atoms with Gasteiger partial charge in [-0.15, -0.1) is 0 Å². The van der Waals surface area contributed by atoms with Crippen LogP contribution in [0.5, 0.6) is 0 Å². The molecule has 20 heavy (non-hydrogen) atoms. The molecule has 0 radical (unpaired) electrons. The molecule has 0 aliphatic heterocycles. The summed E-state index contributed by atoms with van der Waals surface area (Å²) in [6.45, 7) is 2.91. The van der Waals surface area contributed by atoms with E-state index in [9.17, 15) is 4.39 Å². The van der Waals surface area contributed by atoms with Gasteiger partial charge in [-0.05, 0) is 66.9 Å². The van der Waals surface area contributed by atoms with Crippen molar-refractivity contribution in [2.45, 2.75) is 25.8 Å². The fourth-order valence-electron chi connectivity index (χ4n) is 2.03. The van der Waals surface area contributed by atoms with E-state index in [0.717, 1.165) is 24.3 Å². The van der Waals surface area contributed by atoms with Gasteiger partial charge in [0.1, 0.15) is 11.6 Å². The van der Waals surface area contributed by atoms with Crippen molar-refractivity contribution in [3.63, 3.8) is 0 Å². The standard InChI is InChI=1S/C15H16Cl2FNO/c1-2-7-19-13(14-5-6-15(17)20-14)9-10-8-11(18)3-4-12(10)16/h3-6,8,13,19H,2,7,9H2,1H3. The van der Waals surface area contributed by atoms with E-state index < -0.39 is 0 Å². The third kappa shape index (κ3) is 3.98. The molecule has 1 N–H and O–H groups in total. The van der Waals surface area contributed by atoms with Gasteiger partial charge in [0.2, 0.25) is 0 Å². The van der Waals surface area contributed by atoms with Crippen LogP contribution in [0.3, 0.4) is 0 Å². The Balaban J connectivity index is 2.21. The maximum Gasteiger partial charge on any atom is 0.193 e. The van der Waals surface area contributed by atoms with Crippen LogP contribution in [0.1, 0.15) is 30.7 Å². The predicted octanol–water partition coefficient (Wildman–Crippen LogP) is 5.01. The second-order valence-corrected chi connectivity index (χ2v) is 5.37. The molecule has 1 heterocycles. The van der Waals surface area contributed by atoms with Crippen molar-refractivity contribution in [1.82, 2.24) is 5.32 Å². The highest BCUT2D eigenvalue weighted by Gasteiger charge is 2.17. The highest BCUT2D eigenvalue weighted by atomic mass is 35.5. The highest BCUT2D eigenvalue weighted by molar-refractivity contribution is 6.31. The van der Waals surface area contributed by atoms with Gasteiger partial charge in [0, 0.05) is 5.02 Å². The van der Waals surface area contributed by atoms with Gasteiger partial charge >= 0.3 is 0 Å². The molecule has 0 amide bonds.